The molecule has 0 spiro atoms. The highest BCUT2D eigenvalue weighted by Gasteiger charge is 2.11. The summed E-state index contributed by atoms with van der Waals surface area (Å²) >= 11 is 0. The average Bonchev–Trinajstić information content (AvgIpc) is 2.49. The summed E-state index contributed by atoms with van der Waals surface area (Å²) in [5.41, 5.74) is 7.01. The van der Waals surface area contributed by atoms with Crippen LogP contribution in [0.25, 0.3) is 0 Å². The van der Waals surface area contributed by atoms with Crippen molar-refractivity contribution in [3.8, 4) is 11.5 Å². The summed E-state index contributed by atoms with van der Waals surface area (Å²) in [7, 11) is 0. The average molecular weight is 286 g/mol. The number of carbonyl (C=O) groups excluding carboxylic acids is 1. The van der Waals surface area contributed by atoms with E-state index in [-0.39, 0.29) is 11.7 Å². The third-order valence-corrected chi connectivity index (χ3v) is 3.05. The number of carbonyl (C=O) groups is 1. The number of nitrogens with one attached hydrogen (secondary N) is 1. The maximum absolute atomic E-state index is 12.2. The van der Waals surface area contributed by atoms with Gasteiger partial charge in [0.1, 0.15) is 18.1 Å². The monoisotopic (exact) mass is 286 g/mol. The predicted molar refractivity (Wildman–Crippen MR) is 81.8 cm³/mol. The van der Waals surface area contributed by atoms with Gasteiger partial charge in [-0.1, -0.05) is 6.07 Å². The number of anilines is 1. The van der Waals surface area contributed by atoms with Crippen molar-refractivity contribution >= 4 is 11.6 Å². The Morgan fingerprint density at radius 2 is 1.95 bits per heavy atom. The molecule has 0 fully saturated rings. The Bertz CT molecular complexity index is 624. The lowest BCUT2D eigenvalue weighted by molar-refractivity contribution is 0.102. The lowest BCUT2D eigenvalue weighted by Gasteiger charge is -2.10. The predicted octanol–water partition coefficient (Wildman–Crippen LogP) is 2.29. The first-order valence-electron chi connectivity index (χ1n) is 6.64. The van der Waals surface area contributed by atoms with Gasteiger partial charge in [-0.05, 0) is 43.3 Å². The summed E-state index contributed by atoms with van der Waals surface area (Å²) in [5, 5.41) is 12.4. The minimum Gasteiger partial charge on any atom is -0.508 e. The number of rotatable bonds is 5. The molecule has 0 aliphatic heterocycles. The molecule has 21 heavy (non-hydrogen) atoms. The minimum absolute atomic E-state index is 0.105. The van der Waals surface area contributed by atoms with E-state index in [0.29, 0.717) is 35.7 Å². The quantitative estimate of drug-likeness (QED) is 0.787. The van der Waals surface area contributed by atoms with E-state index in [2.05, 4.69) is 5.32 Å². The van der Waals surface area contributed by atoms with Crippen LogP contribution in [0.15, 0.2) is 42.5 Å². The number of hydrogen-bond acceptors (Lipinski definition) is 4. The first-order valence-corrected chi connectivity index (χ1v) is 6.64. The van der Waals surface area contributed by atoms with Crippen molar-refractivity contribution in [1.82, 2.24) is 0 Å². The van der Waals surface area contributed by atoms with Crippen LogP contribution in [0.4, 0.5) is 5.69 Å². The lowest BCUT2D eigenvalue weighted by atomic mass is 10.1. The molecule has 0 heterocycles. The molecule has 0 atom stereocenters. The number of benzene rings is 2. The van der Waals surface area contributed by atoms with Crippen molar-refractivity contribution in [1.29, 1.82) is 0 Å². The van der Waals surface area contributed by atoms with Crippen molar-refractivity contribution in [2.24, 2.45) is 5.73 Å². The summed E-state index contributed by atoms with van der Waals surface area (Å²) in [6.45, 7) is 2.61. The van der Waals surface area contributed by atoms with Crippen LogP contribution >= 0.6 is 0 Å². The summed E-state index contributed by atoms with van der Waals surface area (Å²) in [6, 6.07) is 11.9. The van der Waals surface area contributed by atoms with E-state index in [1.54, 1.807) is 49.4 Å². The summed E-state index contributed by atoms with van der Waals surface area (Å²) in [5.74, 6) is 0.541. The van der Waals surface area contributed by atoms with Crippen LogP contribution < -0.4 is 15.8 Å². The van der Waals surface area contributed by atoms with Crippen molar-refractivity contribution in [2.75, 3.05) is 18.5 Å². The molecule has 0 saturated heterocycles. The van der Waals surface area contributed by atoms with Gasteiger partial charge in [0.05, 0.1) is 0 Å². The highest BCUT2D eigenvalue weighted by Crippen LogP contribution is 2.21. The molecule has 2 aromatic rings. The molecule has 0 radical (unpaired) electrons. The highest BCUT2D eigenvalue weighted by molar-refractivity contribution is 6.05. The van der Waals surface area contributed by atoms with Gasteiger partial charge in [-0.3, -0.25) is 4.79 Å². The molecular formula is C16H18N2O3. The zero-order chi connectivity index (χ0) is 15.2. The summed E-state index contributed by atoms with van der Waals surface area (Å²) in [4.78, 5) is 12.2. The van der Waals surface area contributed by atoms with Gasteiger partial charge in [0.25, 0.3) is 5.91 Å². The molecule has 1 amide bonds. The Morgan fingerprint density at radius 1 is 1.24 bits per heavy atom. The van der Waals surface area contributed by atoms with E-state index in [1.165, 1.54) is 0 Å². The van der Waals surface area contributed by atoms with Gasteiger partial charge in [0, 0.05) is 23.4 Å². The van der Waals surface area contributed by atoms with Crippen LogP contribution in [0.1, 0.15) is 15.9 Å². The Labute approximate surface area is 123 Å². The second-order valence-electron chi connectivity index (χ2n) is 4.57. The van der Waals surface area contributed by atoms with E-state index < -0.39 is 0 Å². The molecular weight excluding hydrogens is 268 g/mol. The van der Waals surface area contributed by atoms with Gasteiger partial charge in [0.2, 0.25) is 0 Å². The molecule has 2 aromatic carbocycles. The van der Waals surface area contributed by atoms with E-state index in [9.17, 15) is 9.90 Å². The largest absolute Gasteiger partial charge is 0.508 e. The Hall–Kier alpha value is -2.53. The lowest BCUT2D eigenvalue weighted by Crippen LogP contribution is -2.13. The van der Waals surface area contributed by atoms with Gasteiger partial charge < -0.3 is 20.9 Å². The Balaban J connectivity index is 2.07. The number of amides is 1. The van der Waals surface area contributed by atoms with Gasteiger partial charge in [0.15, 0.2) is 0 Å². The Morgan fingerprint density at radius 3 is 2.62 bits per heavy atom. The topological polar surface area (TPSA) is 84.6 Å². The fourth-order valence-corrected chi connectivity index (χ4v) is 1.88. The SMILES string of the molecule is Cc1c(O)cccc1C(=O)Nc1ccc(OCCN)cc1. The fourth-order valence-electron chi connectivity index (χ4n) is 1.88. The van der Waals surface area contributed by atoms with Gasteiger partial charge >= 0.3 is 0 Å². The fraction of sp³-hybridized carbons (Fsp3) is 0.188. The van der Waals surface area contributed by atoms with Gasteiger partial charge in [-0.25, -0.2) is 0 Å². The normalized spacial score (nSPS) is 10.2. The summed E-state index contributed by atoms with van der Waals surface area (Å²) < 4.78 is 5.36. The second-order valence-corrected chi connectivity index (χ2v) is 4.57. The first kappa shape index (κ1) is 14.9. The van der Waals surface area contributed by atoms with Gasteiger partial charge in [-0.2, -0.15) is 0 Å². The maximum atomic E-state index is 12.2. The van der Waals surface area contributed by atoms with Crippen LogP contribution in [-0.4, -0.2) is 24.2 Å². The van der Waals surface area contributed by atoms with E-state index >= 15 is 0 Å². The third kappa shape index (κ3) is 3.73. The molecule has 0 aliphatic carbocycles. The molecule has 0 bridgehead atoms. The Kier molecular flexibility index (Phi) is 4.79. The molecule has 5 heteroatoms. The smallest absolute Gasteiger partial charge is 0.256 e. The highest BCUT2D eigenvalue weighted by atomic mass is 16.5. The number of phenols is 1. The van der Waals surface area contributed by atoms with Crippen molar-refractivity contribution in [3.05, 3.63) is 53.6 Å². The molecule has 110 valence electrons. The molecule has 0 aromatic heterocycles. The summed E-state index contributed by atoms with van der Waals surface area (Å²) in [6.07, 6.45) is 0. The molecule has 0 aliphatic rings. The number of nitrogens with two attached hydrogens (primary N) is 1. The van der Waals surface area contributed by atoms with Crippen molar-refractivity contribution < 1.29 is 14.6 Å². The molecule has 5 nitrogen and oxygen atoms in total. The number of hydrogen-bond donors (Lipinski definition) is 3. The zero-order valence-corrected chi connectivity index (χ0v) is 11.8. The minimum atomic E-state index is -0.265. The molecule has 4 N–H and O–H groups in total. The van der Waals surface area contributed by atoms with Crippen LogP contribution in [0.5, 0.6) is 11.5 Å². The van der Waals surface area contributed by atoms with E-state index in [0.717, 1.165) is 0 Å². The number of phenolic OH excluding ortho intramolecular Hbond substituents is 1. The van der Waals surface area contributed by atoms with Crippen LogP contribution in [0, 0.1) is 6.92 Å². The maximum Gasteiger partial charge on any atom is 0.256 e. The molecule has 0 unspecified atom stereocenters. The van der Waals surface area contributed by atoms with Crippen LogP contribution in [-0.2, 0) is 0 Å². The zero-order valence-electron chi connectivity index (χ0n) is 11.8. The molecule has 2 rings (SSSR count). The van der Waals surface area contributed by atoms with Crippen LogP contribution in [0.3, 0.4) is 0 Å². The number of aromatic hydroxyl groups is 1. The van der Waals surface area contributed by atoms with Crippen molar-refractivity contribution in [2.45, 2.75) is 6.92 Å². The van der Waals surface area contributed by atoms with E-state index in [1.807, 2.05) is 0 Å². The van der Waals surface area contributed by atoms with E-state index in [4.69, 9.17) is 10.5 Å². The standard InChI is InChI=1S/C16H18N2O3/c1-11-14(3-2-4-15(11)19)16(20)18-12-5-7-13(8-6-12)21-10-9-17/h2-8,19H,9-10,17H2,1H3,(H,18,20). The van der Waals surface area contributed by atoms with Crippen molar-refractivity contribution in [3.63, 3.8) is 0 Å². The van der Waals surface area contributed by atoms with Gasteiger partial charge in [-0.15, -0.1) is 0 Å². The third-order valence-electron chi connectivity index (χ3n) is 3.05. The molecule has 0 saturated carbocycles. The second kappa shape index (κ2) is 6.76. The van der Waals surface area contributed by atoms with Crippen LogP contribution in [0.2, 0.25) is 0 Å². The first-order chi connectivity index (χ1) is 10.1. The number of ether oxygens (including phenoxy) is 1.